The van der Waals surface area contributed by atoms with Crippen molar-refractivity contribution in [2.75, 3.05) is 13.1 Å². The molecule has 0 unspecified atom stereocenters. The number of phenols is 4. The molecule has 2 aromatic carbocycles. The van der Waals surface area contributed by atoms with Crippen molar-refractivity contribution in [2.45, 2.75) is 0 Å². The van der Waals surface area contributed by atoms with E-state index in [0.717, 1.165) is 6.07 Å². The molecule has 0 atom stereocenters. The minimum Gasteiger partial charge on any atom is -0.504 e. The summed E-state index contributed by atoms with van der Waals surface area (Å²) < 4.78 is 0. The highest BCUT2D eigenvalue weighted by molar-refractivity contribution is 6.05. The van der Waals surface area contributed by atoms with E-state index >= 15 is 0 Å². The topological polar surface area (TPSA) is 136 Å². The molecule has 0 aromatic heterocycles. The highest BCUT2D eigenvalue weighted by atomic mass is 16.3. The van der Waals surface area contributed by atoms with Crippen LogP contribution in [0.5, 0.6) is 23.0 Å². The second-order valence-corrected chi connectivity index (χ2v) is 4.80. The van der Waals surface area contributed by atoms with Crippen LogP contribution in [0.1, 0.15) is 15.9 Å². The summed E-state index contributed by atoms with van der Waals surface area (Å²) in [5, 5.41) is 37.4. The van der Waals surface area contributed by atoms with E-state index in [1.165, 1.54) is 30.3 Å². The minimum absolute atomic E-state index is 0.0400. The first kappa shape index (κ1) is 16.3. The van der Waals surface area contributed by atoms with Crippen LogP contribution in [0.3, 0.4) is 0 Å². The van der Waals surface area contributed by atoms with Crippen molar-refractivity contribution in [3.05, 3.63) is 47.5 Å². The van der Waals surface area contributed by atoms with Crippen LogP contribution in [0.4, 0.5) is 0 Å². The SMILES string of the molecule is NCC(=NCC(=O)c1ccc(O)c(O)c1)c1ccc(O)c(O)c1. The van der Waals surface area contributed by atoms with Gasteiger partial charge in [0.15, 0.2) is 28.8 Å². The number of carbonyl (C=O) groups excluding carboxylic acids is 1. The molecule has 7 nitrogen and oxygen atoms in total. The number of nitrogens with zero attached hydrogens (tertiary/aromatic N) is 1. The number of ketones is 1. The Balaban J connectivity index is 2.19. The number of carbonyl (C=O) groups is 1. The lowest BCUT2D eigenvalue weighted by Crippen LogP contribution is -2.17. The van der Waals surface area contributed by atoms with Crippen molar-refractivity contribution < 1.29 is 25.2 Å². The van der Waals surface area contributed by atoms with E-state index in [2.05, 4.69) is 4.99 Å². The lowest BCUT2D eigenvalue weighted by atomic mass is 10.1. The van der Waals surface area contributed by atoms with Gasteiger partial charge in [-0.15, -0.1) is 0 Å². The quantitative estimate of drug-likeness (QED) is 0.319. The van der Waals surface area contributed by atoms with Gasteiger partial charge in [-0.3, -0.25) is 9.79 Å². The fourth-order valence-corrected chi connectivity index (χ4v) is 1.93. The third-order valence-corrected chi connectivity index (χ3v) is 3.21. The molecular weight excluding hydrogens is 300 g/mol. The first-order chi connectivity index (χ1) is 10.9. The summed E-state index contributed by atoms with van der Waals surface area (Å²) in [6, 6.07) is 7.88. The van der Waals surface area contributed by atoms with Crippen molar-refractivity contribution in [1.82, 2.24) is 0 Å². The molecule has 0 fully saturated rings. The molecule has 0 amide bonds. The molecule has 0 saturated carbocycles. The van der Waals surface area contributed by atoms with Crippen LogP contribution in [-0.2, 0) is 0 Å². The molecule has 0 aliphatic heterocycles. The predicted octanol–water partition coefficient (Wildman–Crippen LogP) is 1.14. The lowest BCUT2D eigenvalue weighted by molar-refractivity contribution is 0.100. The molecule has 0 radical (unpaired) electrons. The number of benzene rings is 2. The summed E-state index contributed by atoms with van der Waals surface area (Å²) in [7, 11) is 0. The molecular formula is C16H16N2O5. The van der Waals surface area contributed by atoms with E-state index in [-0.39, 0.29) is 47.4 Å². The first-order valence-electron chi connectivity index (χ1n) is 6.73. The van der Waals surface area contributed by atoms with Crippen molar-refractivity contribution >= 4 is 11.5 Å². The van der Waals surface area contributed by atoms with E-state index in [1.54, 1.807) is 0 Å². The van der Waals surface area contributed by atoms with E-state index in [9.17, 15) is 25.2 Å². The monoisotopic (exact) mass is 316 g/mol. The Morgan fingerprint density at radius 2 is 1.39 bits per heavy atom. The summed E-state index contributed by atoms with van der Waals surface area (Å²) in [5.74, 6) is -1.64. The Morgan fingerprint density at radius 1 is 0.870 bits per heavy atom. The molecule has 0 bridgehead atoms. The molecule has 23 heavy (non-hydrogen) atoms. The number of hydrogen-bond donors (Lipinski definition) is 5. The van der Waals surface area contributed by atoms with Crippen LogP contribution in [0.25, 0.3) is 0 Å². The third-order valence-electron chi connectivity index (χ3n) is 3.21. The lowest BCUT2D eigenvalue weighted by Gasteiger charge is -2.06. The Kier molecular flexibility index (Phi) is 4.82. The zero-order valence-corrected chi connectivity index (χ0v) is 12.1. The molecule has 0 aliphatic carbocycles. The van der Waals surface area contributed by atoms with E-state index < -0.39 is 0 Å². The van der Waals surface area contributed by atoms with Crippen LogP contribution in [0.2, 0.25) is 0 Å². The van der Waals surface area contributed by atoms with Gasteiger partial charge in [0.2, 0.25) is 0 Å². The first-order valence-corrected chi connectivity index (χ1v) is 6.73. The van der Waals surface area contributed by atoms with Gasteiger partial charge in [-0.05, 0) is 36.4 Å². The smallest absolute Gasteiger partial charge is 0.184 e. The normalized spacial score (nSPS) is 11.4. The number of aliphatic imine (C=N–C) groups is 1. The minimum atomic E-state index is -0.387. The van der Waals surface area contributed by atoms with Gasteiger partial charge < -0.3 is 26.2 Å². The molecule has 6 N–H and O–H groups in total. The maximum absolute atomic E-state index is 12.1. The van der Waals surface area contributed by atoms with Gasteiger partial charge in [0.05, 0.1) is 5.71 Å². The predicted molar refractivity (Wildman–Crippen MR) is 84.3 cm³/mol. The van der Waals surface area contributed by atoms with Gasteiger partial charge in [-0.1, -0.05) is 0 Å². The molecule has 0 spiro atoms. The third kappa shape index (κ3) is 3.78. The van der Waals surface area contributed by atoms with Crippen molar-refractivity contribution in [3.63, 3.8) is 0 Å². The Bertz CT molecular complexity index is 771. The number of rotatable bonds is 5. The molecule has 0 heterocycles. The van der Waals surface area contributed by atoms with Crippen LogP contribution in [-0.4, -0.2) is 45.0 Å². The highest BCUT2D eigenvalue weighted by Crippen LogP contribution is 2.26. The average molecular weight is 316 g/mol. The van der Waals surface area contributed by atoms with Gasteiger partial charge in [0.1, 0.15) is 6.54 Å². The number of nitrogens with two attached hydrogens (primary N) is 1. The zero-order chi connectivity index (χ0) is 17.0. The largest absolute Gasteiger partial charge is 0.504 e. The summed E-state index contributed by atoms with van der Waals surface area (Å²) in [6.07, 6.45) is 0. The van der Waals surface area contributed by atoms with Gasteiger partial charge in [0.25, 0.3) is 0 Å². The summed E-state index contributed by atoms with van der Waals surface area (Å²) in [5.41, 5.74) is 6.68. The Morgan fingerprint density at radius 3 is 1.91 bits per heavy atom. The zero-order valence-electron chi connectivity index (χ0n) is 12.1. The van der Waals surface area contributed by atoms with Crippen molar-refractivity contribution in [1.29, 1.82) is 0 Å². The highest BCUT2D eigenvalue weighted by Gasteiger charge is 2.10. The summed E-state index contributed by atoms with van der Waals surface area (Å²) in [6.45, 7) is -0.170. The van der Waals surface area contributed by atoms with E-state index in [4.69, 9.17) is 5.73 Å². The molecule has 7 heteroatoms. The fourth-order valence-electron chi connectivity index (χ4n) is 1.93. The maximum Gasteiger partial charge on any atom is 0.184 e. The molecule has 2 rings (SSSR count). The maximum atomic E-state index is 12.1. The molecule has 2 aromatic rings. The van der Waals surface area contributed by atoms with Crippen LogP contribution in [0.15, 0.2) is 41.4 Å². The van der Waals surface area contributed by atoms with E-state index in [1.807, 2.05) is 0 Å². The van der Waals surface area contributed by atoms with Crippen LogP contribution < -0.4 is 5.73 Å². The number of phenolic OH excluding ortho intramolecular Hbond substituents is 4. The van der Waals surface area contributed by atoms with Gasteiger partial charge in [0, 0.05) is 17.7 Å². The molecule has 0 aliphatic rings. The average Bonchev–Trinajstić information content (AvgIpc) is 2.53. The van der Waals surface area contributed by atoms with Gasteiger partial charge >= 0.3 is 0 Å². The van der Waals surface area contributed by atoms with E-state index in [0.29, 0.717) is 11.3 Å². The molecule has 120 valence electrons. The Labute approximate surface area is 132 Å². The second kappa shape index (κ2) is 6.80. The number of Topliss-reactive ketones (excluding diaryl/α,β-unsaturated/α-hetero) is 1. The van der Waals surface area contributed by atoms with Crippen LogP contribution in [0, 0.1) is 0 Å². The van der Waals surface area contributed by atoms with Crippen molar-refractivity contribution in [2.24, 2.45) is 10.7 Å². The Hall–Kier alpha value is -3.06. The summed E-state index contributed by atoms with van der Waals surface area (Å²) >= 11 is 0. The second-order valence-electron chi connectivity index (χ2n) is 4.80. The van der Waals surface area contributed by atoms with Gasteiger partial charge in [-0.25, -0.2) is 0 Å². The van der Waals surface area contributed by atoms with Crippen molar-refractivity contribution in [3.8, 4) is 23.0 Å². The summed E-state index contributed by atoms with van der Waals surface area (Å²) in [4.78, 5) is 16.2. The molecule has 0 saturated heterocycles. The van der Waals surface area contributed by atoms with Crippen LogP contribution >= 0.6 is 0 Å². The number of hydrogen-bond acceptors (Lipinski definition) is 7. The number of aromatic hydroxyl groups is 4. The standard InChI is InChI=1S/C16H16N2O5/c17-7-11(9-1-3-12(19)14(21)5-9)18-8-16(23)10-2-4-13(20)15(22)6-10/h1-6,19-22H,7-8,17H2. The van der Waals surface area contributed by atoms with Gasteiger partial charge in [-0.2, -0.15) is 0 Å². The fraction of sp³-hybridized carbons (Fsp3) is 0.125.